The molecule has 1 heteroatoms. The SMILES string of the molecule is CNC(CCCC(C)C)C12CC3CC(CC(C3)C1)C2. The molecule has 1 unspecified atom stereocenters. The lowest BCUT2D eigenvalue weighted by molar-refractivity contribution is -0.0743. The van der Waals surface area contributed by atoms with Crippen LogP contribution in [0.15, 0.2) is 0 Å². The van der Waals surface area contributed by atoms with Crippen molar-refractivity contribution >= 4 is 0 Å². The van der Waals surface area contributed by atoms with Crippen LogP contribution in [-0.2, 0) is 0 Å². The summed E-state index contributed by atoms with van der Waals surface area (Å²) in [4.78, 5) is 0. The van der Waals surface area contributed by atoms with Gasteiger partial charge in [0.1, 0.15) is 0 Å². The Hall–Kier alpha value is -0.0400. The van der Waals surface area contributed by atoms with Crippen LogP contribution in [0.5, 0.6) is 0 Å². The van der Waals surface area contributed by atoms with E-state index in [1.165, 1.54) is 19.3 Å². The highest BCUT2D eigenvalue weighted by Gasteiger charge is 2.53. The van der Waals surface area contributed by atoms with Crippen LogP contribution < -0.4 is 5.32 Å². The zero-order valence-corrected chi connectivity index (χ0v) is 13.3. The maximum atomic E-state index is 3.73. The Kier molecular flexibility index (Phi) is 3.95. The Morgan fingerprint density at radius 2 is 1.47 bits per heavy atom. The van der Waals surface area contributed by atoms with E-state index in [2.05, 4.69) is 26.2 Å². The van der Waals surface area contributed by atoms with Crippen molar-refractivity contribution in [1.82, 2.24) is 5.32 Å². The second kappa shape index (κ2) is 5.39. The van der Waals surface area contributed by atoms with Crippen LogP contribution in [0, 0.1) is 29.1 Å². The topological polar surface area (TPSA) is 12.0 Å². The molecule has 110 valence electrons. The molecule has 0 amide bonds. The summed E-state index contributed by atoms with van der Waals surface area (Å²) in [5, 5.41) is 3.73. The summed E-state index contributed by atoms with van der Waals surface area (Å²) < 4.78 is 0. The minimum Gasteiger partial charge on any atom is -0.316 e. The van der Waals surface area contributed by atoms with Crippen LogP contribution in [0.3, 0.4) is 0 Å². The summed E-state index contributed by atoms with van der Waals surface area (Å²) in [5.41, 5.74) is 0.695. The first-order chi connectivity index (χ1) is 9.11. The molecule has 19 heavy (non-hydrogen) atoms. The highest BCUT2D eigenvalue weighted by atomic mass is 14.9. The van der Waals surface area contributed by atoms with E-state index in [4.69, 9.17) is 0 Å². The third-order valence-electron chi connectivity index (χ3n) is 6.45. The number of hydrogen-bond acceptors (Lipinski definition) is 1. The molecule has 1 N–H and O–H groups in total. The summed E-state index contributed by atoms with van der Waals surface area (Å²) in [5.74, 6) is 4.14. The first-order valence-electron chi connectivity index (χ1n) is 8.78. The normalized spacial score (nSPS) is 42.0. The fourth-order valence-corrected chi connectivity index (χ4v) is 6.09. The minimum atomic E-state index is 0.695. The third kappa shape index (κ3) is 2.73. The number of rotatable bonds is 6. The number of nitrogens with one attached hydrogen (secondary N) is 1. The van der Waals surface area contributed by atoms with Crippen LogP contribution in [0.4, 0.5) is 0 Å². The molecule has 1 nitrogen and oxygen atoms in total. The van der Waals surface area contributed by atoms with Gasteiger partial charge in [0.05, 0.1) is 0 Å². The zero-order chi connectivity index (χ0) is 13.5. The minimum absolute atomic E-state index is 0.695. The average molecular weight is 263 g/mol. The van der Waals surface area contributed by atoms with Gasteiger partial charge in [-0.3, -0.25) is 0 Å². The molecule has 4 fully saturated rings. The van der Waals surface area contributed by atoms with Crippen molar-refractivity contribution in [3.05, 3.63) is 0 Å². The lowest BCUT2D eigenvalue weighted by atomic mass is 9.47. The summed E-state index contributed by atoms with van der Waals surface area (Å²) in [6.45, 7) is 4.72. The molecule has 4 bridgehead atoms. The molecular formula is C18H33N. The van der Waals surface area contributed by atoms with E-state index in [1.54, 1.807) is 38.5 Å². The first-order valence-corrected chi connectivity index (χ1v) is 8.78. The molecule has 0 aromatic carbocycles. The van der Waals surface area contributed by atoms with Gasteiger partial charge in [0.2, 0.25) is 0 Å². The standard InChI is InChI=1S/C18H33N/c1-13(2)5-4-6-17(19-3)18-10-14-7-15(11-18)9-16(8-14)12-18/h13-17,19H,4-12H2,1-3H3. The molecule has 0 aliphatic heterocycles. The fourth-order valence-electron chi connectivity index (χ4n) is 6.09. The Morgan fingerprint density at radius 3 is 1.89 bits per heavy atom. The van der Waals surface area contributed by atoms with E-state index < -0.39 is 0 Å². The Labute approximate surface area is 119 Å². The van der Waals surface area contributed by atoms with Gasteiger partial charge >= 0.3 is 0 Å². The van der Waals surface area contributed by atoms with Gasteiger partial charge in [-0.25, -0.2) is 0 Å². The van der Waals surface area contributed by atoms with E-state index in [-0.39, 0.29) is 0 Å². The lowest BCUT2D eigenvalue weighted by Gasteiger charge is -2.59. The molecule has 0 spiro atoms. The molecule has 4 rings (SSSR count). The van der Waals surface area contributed by atoms with E-state index in [9.17, 15) is 0 Å². The molecule has 4 aliphatic rings. The Balaban J connectivity index is 1.65. The van der Waals surface area contributed by atoms with Crippen LogP contribution in [0.25, 0.3) is 0 Å². The number of hydrogen-bond donors (Lipinski definition) is 1. The smallest absolute Gasteiger partial charge is 0.0121 e. The lowest BCUT2D eigenvalue weighted by Crippen LogP contribution is -2.55. The van der Waals surface area contributed by atoms with Gasteiger partial charge in [-0.05, 0) is 81.1 Å². The quantitative estimate of drug-likeness (QED) is 0.737. The Bertz CT molecular complexity index is 272. The van der Waals surface area contributed by atoms with Crippen LogP contribution in [0.2, 0.25) is 0 Å². The average Bonchev–Trinajstić information content (AvgIpc) is 2.32. The first kappa shape index (κ1) is 13.9. The monoisotopic (exact) mass is 263 g/mol. The van der Waals surface area contributed by atoms with Gasteiger partial charge in [-0.1, -0.05) is 26.7 Å². The summed E-state index contributed by atoms with van der Waals surface area (Å²) in [6, 6.07) is 0.805. The van der Waals surface area contributed by atoms with Gasteiger partial charge in [0.25, 0.3) is 0 Å². The predicted molar refractivity (Wildman–Crippen MR) is 82.1 cm³/mol. The molecule has 0 heterocycles. The predicted octanol–water partition coefficient (Wildman–Crippen LogP) is 4.62. The molecule has 0 saturated heterocycles. The Morgan fingerprint density at radius 1 is 0.947 bits per heavy atom. The second-order valence-corrected chi connectivity index (χ2v) is 8.45. The van der Waals surface area contributed by atoms with Gasteiger partial charge in [-0.15, -0.1) is 0 Å². The highest BCUT2D eigenvalue weighted by molar-refractivity contribution is 5.05. The van der Waals surface area contributed by atoms with E-state index in [1.807, 2.05) is 0 Å². The molecule has 0 aromatic rings. The van der Waals surface area contributed by atoms with Crippen molar-refractivity contribution in [3.63, 3.8) is 0 Å². The van der Waals surface area contributed by atoms with Crippen molar-refractivity contribution in [3.8, 4) is 0 Å². The van der Waals surface area contributed by atoms with Gasteiger partial charge < -0.3 is 5.32 Å². The second-order valence-electron chi connectivity index (χ2n) is 8.45. The molecule has 0 aromatic heterocycles. The summed E-state index contributed by atoms with van der Waals surface area (Å²) in [7, 11) is 2.22. The van der Waals surface area contributed by atoms with Crippen molar-refractivity contribution in [2.75, 3.05) is 7.05 Å². The molecule has 4 saturated carbocycles. The van der Waals surface area contributed by atoms with Gasteiger partial charge in [0, 0.05) is 6.04 Å². The largest absolute Gasteiger partial charge is 0.316 e. The van der Waals surface area contributed by atoms with Crippen LogP contribution in [0.1, 0.15) is 71.6 Å². The van der Waals surface area contributed by atoms with E-state index in [0.29, 0.717) is 5.41 Å². The molecule has 1 atom stereocenters. The highest BCUT2D eigenvalue weighted by Crippen LogP contribution is 2.61. The van der Waals surface area contributed by atoms with Crippen LogP contribution >= 0.6 is 0 Å². The molecular weight excluding hydrogens is 230 g/mol. The van der Waals surface area contributed by atoms with Gasteiger partial charge in [-0.2, -0.15) is 0 Å². The summed E-state index contributed by atoms with van der Waals surface area (Å²) >= 11 is 0. The zero-order valence-electron chi connectivity index (χ0n) is 13.3. The van der Waals surface area contributed by atoms with Crippen molar-refractivity contribution in [1.29, 1.82) is 0 Å². The fraction of sp³-hybridized carbons (Fsp3) is 1.00. The molecule has 0 radical (unpaired) electrons. The maximum Gasteiger partial charge on any atom is 0.0121 e. The molecule has 4 aliphatic carbocycles. The summed E-state index contributed by atoms with van der Waals surface area (Å²) in [6.07, 6.45) is 13.6. The van der Waals surface area contributed by atoms with E-state index >= 15 is 0 Å². The maximum absolute atomic E-state index is 3.73. The van der Waals surface area contributed by atoms with Crippen molar-refractivity contribution < 1.29 is 0 Å². The van der Waals surface area contributed by atoms with Crippen molar-refractivity contribution in [2.45, 2.75) is 77.7 Å². The third-order valence-corrected chi connectivity index (χ3v) is 6.45. The van der Waals surface area contributed by atoms with Crippen molar-refractivity contribution in [2.24, 2.45) is 29.1 Å². The van der Waals surface area contributed by atoms with E-state index in [0.717, 1.165) is 29.7 Å². The van der Waals surface area contributed by atoms with Crippen LogP contribution in [-0.4, -0.2) is 13.1 Å². The van der Waals surface area contributed by atoms with Gasteiger partial charge in [0.15, 0.2) is 0 Å².